The molecule has 3 rings (SSSR count). The van der Waals surface area contributed by atoms with Gasteiger partial charge in [-0.3, -0.25) is 9.59 Å². The molecule has 1 aromatic heterocycles. The van der Waals surface area contributed by atoms with Crippen LogP contribution in [0.5, 0.6) is 0 Å². The molecule has 1 heterocycles. The quantitative estimate of drug-likeness (QED) is 0.272. The van der Waals surface area contributed by atoms with Gasteiger partial charge in [-0.05, 0) is 36.8 Å². The highest BCUT2D eigenvalue weighted by atomic mass is 19.4. The van der Waals surface area contributed by atoms with Gasteiger partial charge >= 0.3 is 6.18 Å². The van der Waals surface area contributed by atoms with E-state index in [0.29, 0.717) is 11.6 Å². The van der Waals surface area contributed by atoms with Gasteiger partial charge in [0, 0.05) is 11.3 Å². The molecule has 2 aromatic carbocycles. The number of nitrogens with one attached hydrogen (secondary N) is 1. The van der Waals surface area contributed by atoms with Crippen molar-refractivity contribution < 1.29 is 31.5 Å². The summed E-state index contributed by atoms with van der Waals surface area (Å²) < 4.78 is 65.9. The van der Waals surface area contributed by atoms with E-state index in [1.165, 1.54) is 36.9 Å². The van der Waals surface area contributed by atoms with Gasteiger partial charge in [-0.15, -0.1) is 0 Å². The predicted molar refractivity (Wildman–Crippen MR) is 104 cm³/mol. The van der Waals surface area contributed by atoms with Crippen LogP contribution in [0.3, 0.4) is 0 Å². The molecule has 0 atom stereocenters. The lowest BCUT2D eigenvalue weighted by Crippen LogP contribution is -2.38. The molecule has 3 aromatic rings. The summed E-state index contributed by atoms with van der Waals surface area (Å²) in [6.07, 6.45) is -1.28. The van der Waals surface area contributed by atoms with E-state index in [0.717, 1.165) is 5.01 Å². The fourth-order valence-corrected chi connectivity index (χ4v) is 2.74. The van der Waals surface area contributed by atoms with Crippen LogP contribution in [0.4, 0.5) is 33.3 Å². The van der Waals surface area contributed by atoms with Crippen LogP contribution in [0.2, 0.25) is 0 Å². The molecule has 0 aliphatic rings. The van der Waals surface area contributed by atoms with E-state index in [1.54, 1.807) is 6.92 Å². The van der Waals surface area contributed by atoms with Crippen molar-refractivity contribution in [2.75, 3.05) is 10.3 Å². The Hall–Kier alpha value is -3.93. The van der Waals surface area contributed by atoms with E-state index in [4.69, 9.17) is 5.84 Å². The van der Waals surface area contributed by atoms with Gasteiger partial charge in [0.2, 0.25) is 0 Å². The predicted octanol–water partition coefficient (Wildman–Crippen LogP) is 3.85. The zero-order valence-corrected chi connectivity index (χ0v) is 16.2. The minimum Gasteiger partial charge on any atom is -0.322 e. The maximum atomic E-state index is 14.1. The van der Waals surface area contributed by atoms with Crippen LogP contribution in [0.25, 0.3) is 0 Å². The summed E-state index contributed by atoms with van der Waals surface area (Å²) in [6.45, 7) is 1.60. The van der Waals surface area contributed by atoms with E-state index in [9.17, 15) is 31.5 Å². The Labute approximate surface area is 177 Å². The Kier molecular flexibility index (Phi) is 6.16. The molecule has 0 bridgehead atoms. The van der Waals surface area contributed by atoms with E-state index in [-0.39, 0.29) is 23.0 Å². The molecule has 0 aliphatic carbocycles. The lowest BCUT2D eigenvalue weighted by atomic mass is 10.1. The number of anilines is 2. The fourth-order valence-electron chi connectivity index (χ4n) is 2.74. The number of amides is 2. The molecule has 0 saturated heterocycles. The summed E-state index contributed by atoms with van der Waals surface area (Å²) in [5.74, 6) is -0.222. The number of nitrogens with two attached hydrogens (primary N) is 1. The first-order valence-electron chi connectivity index (χ1n) is 8.82. The molecule has 3 N–H and O–H groups in total. The van der Waals surface area contributed by atoms with Crippen LogP contribution < -0.4 is 16.2 Å². The van der Waals surface area contributed by atoms with Crippen molar-refractivity contribution in [3.63, 3.8) is 0 Å². The number of carbonyl (C=O) groups excluding carboxylic acids is 2. The normalized spacial score (nSPS) is 11.2. The van der Waals surface area contributed by atoms with E-state index < -0.39 is 40.8 Å². The second kappa shape index (κ2) is 8.67. The molecule has 0 fully saturated rings. The van der Waals surface area contributed by atoms with Gasteiger partial charge in [0.05, 0.1) is 29.2 Å². The highest BCUT2D eigenvalue weighted by Gasteiger charge is 2.36. The molecule has 0 radical (unpaired) electrons. The van der Waals surface area contributed by atoms with Gasteiger partial charge in [-0.1, -0.05) is 6.07 Å². The summed E-state index contributed by atoms with van der Waals surface area (Å²) in [4.78, 5) is 32.6. The van der Waals surface area contributed by atoms with Gasteiger partial charge in [0.15, 0.2) is 11.6 Å². The Balaban J connectivity index is 1.87. The monoisotopic (exact) mass is 451 g/mol. The van der Waals surface area contributed by atoms with Crippen molar-refractivity contribution in [1.82, 2.24) is 9.97 Å². The molecule has 0 unspecified atom stereocenters. The molecule has 7 nitrogen and oxygen atoms in total. The van der Waals surface area contributed by atoms with Crippen LogP contribution in [0.1, 0.15) is 31.8 Å². The molecule has 0 spiro atoms. The number of halogens is 5. The summed E-state index contributed by atoms with van der Waals surface area (Å²) >= 11 is 0. The van der Waals surface area contributed by atoms with Crippen LogP contribution in [0.15, 0.2) is 49.1 Å². The lowest BCUT2D eigenvalue weighted by molar-refractivity contribution is -0.140. The second-order valence-electron chi connectivity index (χ2n) is 6.54. The van der Waals surface area contributed by atoms with Crippen LogP contribution in [-0.2, 0) is 6.18 Å². The van der Waals surface area contributed by atoms with Gasteiger partial charge in [0.1, 0.15) is 6.33 Å². The minimum absolute atomic E-state index is 0.00127. The standard InChI is InChI=1S/C20H14F5N5O2/c1-10-2-3-11(6-14(10)19(32)30(26)12-7-27-9-28-8-12)29-18(31)13-4-5-15(20(23,24)25)17(22)16(13)21/h2-9H,26H2,1H3,(H,29,31). The molecule has 12 heteroatoms. The number of aromatic nitrogens is 2. The highest BCUT2D eigenvalue weighted by Crippen LogP contribution is 2.33. The van der Waals surface area contributed by atoms with Crippen molar-refractivity contribution in [1.29, 1.82) is 0 Å². The summed E-state index contributed by atoms with van der Waals surface area (Å²) in [6, 6.07) is 4.85. The summed E-state index contributed by atoms with van der Waals surface area (Å²) in [5.41, 5.74) is -2.04. The maximum absolute atomic E-state index is 14.1. The third kappa shape index (κ3) is 4.54. The fraction of sp³-hybridized carbons (Fsp3) is 0.100. The number of rotatable bonds is 4. The molecular weight excluding hydrogens is 437 g/mol. The molecular formula is C20H14F5N5O2. The lowest BCUT2D eigenvalue weighted by Gasteiger charge is -2.18. The molecule has 32 heavy (non-hydrogen) atoms. The second-order valence-corrected chi connectivity index (χ2v) is 6.54. The Morgan fingerprint density at radius 1 is 1.00 bits per heavy atom. The minimum atomic E-state index is -5.12. The van der Waals surface area contributed by atoms with Crippen LogP contribution in [0, 0.1) is 18.6 Å². The van der Waals surface area contributed by atoms with Crippen molar-refractivity contribution in [3.8, 4) is 0 Å². The number of hydrazine groups is 1. The Morgan fingerprint density at radius 2 is 1.66 bits per heavy atom. The first kappa shape index (κ1) is 22.7. The smallest absolute Gasteiger partial charge is 0.322 e. The van der Waals surface area contributed by atoms with Crippen molar-refractivity contribution in [3.05, 3.63) is 82.9 Å². The first-order chi connectivity index (χ1) is 15.0. The topological polar surface area (TPSA) is 101 Å². The summed E-state index contributed by atoms with van der Waals surface area (Å²) in [7, 11) is 0. The number of hydrogen-bond donors (Lipinski definition) is 2. The van der Waals surface area contributed by atoms with Crippen molar-refractivity contribution in [2.24, 2.45) is 5.84 Å². The average Bonchev–Trinajstić information content (AvgIpc) is 2.75. The van der Waals surface area contributed by atoms with Crippen molar-refractivity contribution >= 4 is 23.2 Å². The largest absolute Gasteiger partial charge is 0.419 e. The van der Waals surface area contributed by atoms with Gasteiger partial charge < -0.3 is 5.32 Å². The van der Waals surface area contributed by atoms with Gasteiger partial charge in [-0.25, -0.2) is 29.6 Å². The number of benzene rings is 2. The van der Waals surface area contributed by atoms with Gasteiger partial charge in [0.25, 0.3) is 11.8 Å². The van der Waals surface area contributed by atoms with Crippen LogP contribution in [-0.4, -0.2) is 21.8 Å². The number of carbonyl (C=O) groups is 2. The third-order valence-corrected chi connectivity index (χ3v) is 4.40. The van der Waals surface area contributed by atoms with E-state index >= 15 is 0 Å². The van der Waals surface area contributed by atoms with Crippen molar-refractivity contribution in [2.45, 2.75) is 13.1 Å². The third-order valence-electron chi connectivity index (χ3n) is 4.40. The molecule has 0 aliphatic heterocycles. The summed E-state index contributed by atoms with van der Waals surface area (Å²) in [5, 5.41) is 3.00. The average molecular weight is 451 g/mol. The van der Waals surface area contributed by atoms with Gasteiger partial charge in [-0.2, -0.15) is 13.2 Å². The maximum Gasteiger partial charge on any atom is 0.419 e. The number of aryl methyl sites for hydroxylation is 1. The number of hydrogen-bond acceptors (Lipinski definition) is 5. The molecule has 0 saturated carbocycles. The number of alkyl halides is 3. The highest BCUT2D eigenvalue weighted by molar-refractivity contribution is 6.08. The number of nitrogens with zero attached hydrogens (tertiary/aromatic N) is 3. The molecule has 166 valence electrons. The van der Waals surface area contributed by atoms with E-state index in [2.05, 4.69) is 15.3 Å². The Bertz CT molecular complexity index is 1180. The SMILES string of the molecule is Cc1ccc(NC(=O)c2ccc(C(F)(F)F)c(F)c2F)cc1C(=O)N(N)c1cncnc1. The zero-order chi connectivity index (χ0) is 23.6. The molecule has 2 amide bonds. The zero-order valence-electron chi connectivity index (χ0n) is 16.2. The Morgan fingerprint density at radius 3 is 2.28 bits per heavy atom. The first-order valence-corrected chi connectivity index (χ1v) is 8.82. The van der Waals surface area contributed by atoms with E-state index in [1.807, 2.05) is 0 Å². The van der Waals surface area contributed by atoms with Crippen LogP contribution >= 0.6 is 0 Å².